The van der Waals surface area contributed by atoms with Crippen LogP contribution in [0.3, 0.4) is 0 Å². The van der Waals surface area contributed by atoms with Crippen LogP contribution in [0.25, 0.3) is 6.08 Å². The molecular weight excluding hydrogens is 380 g/mol. The molecular formula is C24H28N2O4. The van der Waals surface area contributed by atoms with Gasteiger partial charge < -0.3 is 24.4 Å². The zero-order chi connectivity index (χ0) is 21.7. The Balaban J connectivity index is 1.82. The van der Waals surface area contributed by atoms with Crippen LogP contribution in [0.2, 0.25) is 0 Å². The zero-order valence-electron chi connectivity index (χ0n) is 18.3. The number of anilines is 1. The Labute approximate surface area is 177 Å². The van der Waals surface area contributed by atoms with Gasteiger partial charge in [0.1, 0.15) is 5.66 Å². The van der Waals surface area contributed by atoms with E-state index in [4.69, 9.17) is 14.2 Å². The lowest BCUT2D eigenvalue weighted by Gasteiger charge is -2.40. The van der Waals surface area contributed by atoms with Crippen LogP contribution in [0.4, 0.5) is 5.69 Å². The maximum atomic E-state index is 12.5. The highest BCUT2D eigenvalue weighted by Gasteiger charge is 2.59. The van der Waals surface area contributed by atoms with Gasteiger partial charge in [0, 0.05) is 11.1 Å². The third-order valence-electron chi connectivity index (χ3n) is 6.33. The van der Waals surface area contributed by atoms with Crippen molar-refractivity contribution in [3.8, 4) is 17.2 Å². The second-order valence-corrected chi connectivity index (χ2v) is 8.34. The number of ether oxygens (including phenoxy) is 3. The van der Waals surface area contributed by atoms with Crippen LogP contribution in [0, 0.1) is 6.92 Å². The Morgan fingerprint density at radius 3 is 2.30 bits per heavy atom. The van der Waals surface area contributed by atoms with E-state index < -0.39 is 5.66 Å². The molecule has 2 aromatic rings. The molecule has 0 unspecified atom stereocenters. The quantitative estimate of drug-likeness (QED) is 0.818. The molecule has 0 spiro atoms. The number of carbonyl (C=O) groups excluding carboxylic acids is 1. The fraction of sp³-hybridized carbons (Fsp3) is 0.375. The zero-order valence-corrected chi connectivity index (χ0v) is 18.3. The first-order valence-corrected chi connectivity index (χ1v) is 9.96. The van der Waals surface area contributed by atoms with Crippen LogP contribution in [-0.4, -0.2) is 39.4 Å². The largest absolute Gasteiger partial charge is 0.493 e. The van der Waals surface area contributed by atoms with Crippen molar-refractivity contribution < 1.29 is 19.0 Å². The van der Waals surface area contributed by atoms with Crippen LogP contribution < -0.4 is 24.4 Å². The molecule has 2 aromatic carbocycles. The molecule has 6 nitrogen and oxygen atoms in total. The normalized spacial score (nSPS) is 21.4. The average Bonchev–Trinajstić information content (AvgIpc) is 3.15. The van der Waals surface area contributed by atoms with E-state index in [0.29, 0.717) is 23.8 Å². The van der Waals surface area contributed by atoms with Crippen molar-refractivity contribution in [3.05, 3.63) is 53.1 Å². The minimum Gasteiger partial charge on any atom is -0.493 e. The Hall–Kier alpha value is -3.15. The molecule has 4 rings (SSSR count). The molecule has 1 N–H and O–H groups in total. The molecule has 1 fully saturated rings. The highest BCUT2D eigenvalue weighted by Crippen LogP contribution is 2.53. The van der Waals surface area contributed by atoms with Gasteiger partial charge in [-0.25, -0.2) is 0 Å². The van der Waals surface area contributed by atoms with E-state index in [9.17, 15) is 4.79 Å². The first kappa shape index (κ1) is 20.1. The van der Waals surface area contributed by atoms with Crippen molar-refractivity contribution in [1.82, 2.24) is 5.32 Å². The van der Waals surface area contributed by atoms with Gasteiger partial charge in [-0.3, -0.25) is 4.79 Å². The molecule has 158 valence electrons. The molecule has 1 atom stereocenters. The van der Waals surface area contributed by atoms with E-state index in [2.05, 4.69) is 55.3 Å². The minimum atomic E-state index is -0.652. The van der Waals surface area contributed by atoms with Crippen LogP contribution in [-0.2, 0) is 10.2 Å². The van der Waals surface area contributed by atoms with E-state index in [1.54, 1.807) is 21.3 Å². The Morgan fingerprint density at radius 1 is 1.03 bits per heavy atom. The molecule has 2 aliphatic rings. The maximum absolute atomic E-state index is 12.5. The summed E-state index contributed by atoms with van der Waals surface area (Å²) in [5.74, 6) is 1.75. The van der Waals surface area contributed by atoms with E-state index in [1.165, 1.54) is 11.1 Å². The molecule has 0 radical (unpaired) electrons. The third kappa shape index (κ3) is 2.74. The SMILES string of the molecule is COc1cc(C=C[C@]23NC(=O)CN2c2ccc(C)cc2C3(C)C)cc(OC)c1OC. The number of nitrogens with zero attached hydrogens (tertiary/aromatic N) is 1. The second kappa shape index (κ2) is 6.97. The second-order valence-electron chi connectivity index (χ2n) is 8.34. The maximum Gasteiger partial charge on any atom is 0.241 e. The third-order valence-corrected chi connectivity index (χ3v) is 6.33. The topological polar surface area (TPSA) is 60.0 Å². The van der Waals surface area contributed by atoms with Gasteiger partial charge in [-0.1, -0.05) is 37.6 Å². The molecule has 1 saturated heterocycles. The minimum absolute atomic E-state index is 0.0174. The number of hydrogen-bond acceptors (Lipinski definition) is 5. The monoisotopic (exact) mass is 408 g/mol. The summed E-state index contributed by atoms with van der Waals surface area (Å²) in [6.07, 6.45) is 4.08. The van der Waals surface area contributed by atoms with Crippen LogP contribution in [0.5, 0.6) is 17.2 Å². The molecule has 0 aliphatic carbocycles. The van der Waals surface area contributed by atoms with E-state index in [0.717, 1.165) is 11.3 Å². The van der Waals surface area contributed by atoms with Gasteiger partial charge in [-0.05, 0) is 42.3 Å². The summed E-state index contributed by atoms with van der Waals surface area (Å²) >= 11 is 0. The number of nitrogens with one attached hydrogen (secondary N) is 1. The Bertz CT molecular complexity index is 1020. The summed E-state index contributed by atoms with van der Waals surface area (Å²) in [4.78, 5) is 14.6. The standard InChI is InChI=1S/C24H28N2O4/c1-15-7-8-18-17(11-15)23(2,3)24(25-21(27)14-26(18)24)10-9-16-12-19(28-4)22(30-6)20(13-16)29-5/h7-13H,14H2,1-6H3,(H,25,27)/t24-/m0/s1. The van der Waals surface area contributed by atoms with Crippen molar-refractivity contribution in [1.29, 1.82) is 0 Å². The number of amides is 1. The molecule has 6 heteroatoms. The van der Waals surface area contributed by atoms with Gasteiger partial charge in [0.15, 0.2) is 11.5 Å². The molecule has 0 bridgehead atoms. The predicted octanol–water partition coefficient (Wildman–Crippen LogP) is 3.66. The summed E-state index contributed by atoms with van der Waals surface area (Å²) < 4.78 is 16.4. The van der Waals surface area contributed by atoms with Gasteiger partial charge in [0.05, 0.1) is 27.9 Å². The van der Waals surface area contributed by atoms with Gasteiger partial charge in [-0.15, -0.1) is 0 Å². The van der Waals surface area contributed by atoms with Crippen molar-refractivity contribution in [2.75, 3.05) is 32.8 Å². The van der Waals surface area contributed by atoms with Gasteiger partial charge in [0.25, 0.3) is 0 Å². The predicted molar refractivity (Wildman–Crippen MR) is 118 cm³/mol. The van der Waals surface area contributed by atoms with Gasteiger partial charge in [-0.2, -0.15) is 0 Å². The smallest absolute Gasteiger partial charge is 0.241 e. The van der Waals surface area contributed by atoms with E-state index >= 15 is 0 Å². The fourth-order valence-corrected chi connectivity index (χ4v) is 4.70. The van der Waals surface area contributed by atoms with Crippen LogP contribution >= 0.6 is 0 Å². The molecule has 1 amide bonds. The molecule has 2 aliphatic heterocycles. The number of hydrogen-bond donors (Lipinski definition) is 1. The Morgan fingerprint density at radius 2 is 1.70 bits per heavy atom. The average molecular weight is 408 g/mol. The highest BCUT2D eigenvalue weighted by molar-refractivity contribution is 5.91. The van der Waals surface area contributed by atoms with Crippen LogP contribution in [0.15, 0.2) is 36.4 Å². The summed E-state index contributed by atoms with van der Waals surface area (Å²) in [6, 6.07) is 10.2. The lowest BCUT2D eigenvalue weighted by atomic mass is 9.75. The van der Waals surface area contributed by atoms with E-state index in [-0.39, 0.29) is 11.3 Å². The van der Waals surface area contributed by atoms with Crippen LogP contribution in [0.1, 0.15) is 30.5 Å². The number of methoxy groups -OCH3 is 3. The van der Waals surface area contributed by atoms with Gasteiger partial charge in [0.2, 0.25) is 11.7 Å². The fourth-order valence-electron chi connectivity index (χ4n) is 4.70. The Kier molecular flexibility index (Phi) is 4.68. The van der Waals surface area contributed by atoms with Crippen molar-refractivity contribution >= 4 is 17.7 Å². The highest BCUT2D eigenvalue weighted by atomic mass is 16.5. The number of carbonyl (C=O) groups is 1. The van der Waals surface area contributed by atoms with Crippen molar-refractivity contribution in [2.24, 2.45) is 0 Å². The van der Waals surface area contributed by atoms with Crippen molar-refractivity contribution in [3.63, 3.8) is 0 Å². The van der Waals surface area contributed by atoms with E-state index in [1.807, 2.05) is 18.2 Å². The van der Waals surface area contributed by atoms with Gasteiger partial charge >= 0.3 is 0 Å². The molecule has 0 saturated carbocycles. The molecule has 0 aromatic heterocycles. The lowest BCUT2D eigenvalue weighted by molar-refractivity contribution is -0.118. The first-order valence-electron chi connectivity index (χ1n) is 9.96. The molecule has 2 heterocycles. The summed E-state index contributed by atoms with van der Waals surface area (Å²) in [7, 11) is 4.78. The van der Waals surface area contributed by atoms with Crippen molar-refractivity contribution in [2.45, 2.75) is 31.8 Å². The first-order chi connectivity index (χ1) is 14.3. The summed E-state index contributed by atoms with van der Waals surface area (Å²) in [5, 5.41) is 3.25. The number of fused-ring (bicyclic) bond motifs is 3. The number of benzene rings is 2. The summed E-state index contributed by atoms with van der Waals surface area (Å²) in [6.45, 7) is 6.78. The lowest BCUT2D eigenvalue weighted by Crippen LogP contribution is -2.58. The number of aryl methyl sites for hydroxylation is 1. The molecule has 30 heavy (non-hydrogen) atoms. The number of rotatable bonds is 5. The summed E-state index contributed by atoms with van der Waals surface area (Å²) in [5.41, 5.74) is 3.45.